The van der Waals surface area contributed by atoms with E-state index >= 15 is 0 Å². The summed E-state index contributed by atoms with van der Waals surface area (Å²) in [5.74, 6) is -1.30. The first-order valence-corrected chi connectivity index (χ1v) is 4.51. The van der Waals surface area contributed by atoms with E-state index in [0.717, 1.165) is 6.42 Å². The molecule has 4 nitrogen and oxygen atoms in total. The highest BCUT2D eigenvalue weighted by Crippen LogP contribution is 2.24. The fraction of sp³-hybridized carbons (Fsp3) is 1.00. The highest BCUT2D eigenvalue weighted by atomic mass is 16.7. The van der Waals surface area contributed by atoms with Crippen LogP contribution >= 0.6 is 0 Å². The summed E-state index contributed by atoms with van der Waals surface area (Å²) < 4.78 is 10.1. The van der Waals surface area contributed by atoms with E-state index in [1.54, 1.807) is 0 Å². The minimum Gasteiger partial charge on any atom is -0.388 e. The van der Waals surface area contributed by atoms with Gasteiger partial charge in [-0.05, 0) is 13.3 Å². The van der Waals surface area contributed by atoms with E-state index in [-0.39, 0.29) is 0 Å². The van der Waals surface area contributed by atoms with Crippen molar-refractivity contribution in [3.8, 4) is 0 Å². The fourth-order valence-electron chi connectivity index (χ4n) is 1.45. The number of aliphatic hydroxyl groups excluding tert-OH is 2. The van der Waals surface area contributed by atoms with Gasteiger partial charge in [-0.3, -0.25) is 0 Å². The number of methoxy groups -OCH3 is 2. The zero-order chi connectivity index (χ0) is 10.5. The summed E-state index contributed by atoms with van der Waals surface area (Å²) >= 11 is 0. The Hall–Kier alpha value is -0.160. The van der Waals surface area contributed by atoms with Crippen molar-refractivity contribution in [2.75, 3.05) is 14.2 Å². The number of rotatable bonds is 6. The van der Waals surface area contributed by atoms with Gasteiger partial charge in [0.05, 0.1) is 0 Å². The summed E-state index contributed by atoms with van der Waals surface area (Å²) in [6.07, 6.45) is -0.342. The lowest BCUT2D eigenvalue weighted by Crippen LogP contribution is -2.54. The number of ether oxygens (including phenoxy) is 2. The van der Waals surface area contributed by atoms with Gasteiger partial charge in [0.1, 0.15) is 12.2 Å². The molecule has 0 aliphatic rings. The molecular formula is C9H20O4. The van der Waals surface area contributed by atoms with Crippen LogP contribution in [0, 0.1) is 0 Å². The molecule has 0 fully saturated rings. The lowest BCUT2D eigenvalue weighted by atomic mass is 10.0. The summed E-state index contributed by atoms with van der Waals surface area (Å²) in [6, 6.07) is 0. The van der Waals surface area contributed by atoms with E-state index in [1.165, 1.54) is 21.1 Å². The van der Waals surface area contributed by atoms with Crippen LogP contribution in [-0.2, 0) is 9.47 Å². The lowest BCUT2D eigenvalue weighted by Gasteiger charge is -2.37. The topological polar surface area (TPSA) is 58.9 Å². The molecule has 0 aromatic carbocycles. The predicted molar refractivity (Wildman–Crippen MR) is 49.3 cm³/mol. The van der Waals surface area contributed by atoms with E-state index in [2.05, 4.69) is 0 Å². The summed E-state index contributed by atoms with van der Waals surface area (Å²) in [4.78, 5) is 0. The van der Waals surface area contributed by atoms with Crippen LogP contribution in [0.2, 0.25) is 0 Å². The third-order valence-electron chi connectivity index (χ3n) is 2.25. The third-order valence-corrected chi connectivity index (χ3v) is 2.25. The number of aliphatic hydroxyl groups is 2. The Labute approximate surface area is 79.5 Å². The molecule has 0 saturated heterocycles. The van der Waals surface area contributed by atoms with Gasteiger partial charge in [0.25, 0.3) is 0 Å². The molecule has 0 aromatic rings. The normalized spacial score (nSPS) is 17.1. The van der Waals surface area contributed by atoms with Crippen molar-refractivity contribution in [3.05, 3.63) is 0 Å². The number of hydrogen-bond donors (Lipinski definition) is 2. The van der Waals surface area contributed by atoms with Crippen LogP contribution in [0.15, 0.2) is 0 Å². The maximum absolute atomic E-state index is 9.72. The zero-order valence-corrected chi connectivity index (χ0v) is 8.78. The molecule has 0 heterocycles. The molecule has 80 valence electrons. The zero-order valence-electron chi connectivity index (χ0n) is 8.78. The molecule has 0 aliphatic carbocycles. The van der Waals surface area contributed by atoms with Crippen molar-refractivity contribution in [2.45, 2.75) is 44.7 Å². The Kier molecular flexibility index (Phi) is 5.48. The minimum absolute atomic E-state index is 0.534. The molecule has 13 heavy (non-hydrogen) atoms. The molecule has 0 bridgehead atoms. The van der Waals surface area contributed by atoms with E-state index in [9.17, 15) is 10.2 Å². The molecular weight excluding hydrogens is 172 g/mol. The fourth-order valence-corrected chi connectivity index (χ4v) is 1.45. The van der Waals surface area contributed by atoms with Crippen LogP contribution in [0.5, 0.6) is 0 Å². The minimum atomic E-state index is -1.30. The Balaban J connectivity index is 4.54. The smallest absolute Gasteiger partial charge is 0.220 e. The summed E-state index contributed by atoms with van der Waals surface area (Å²) in [7, 11) is 2.82. The van der Waals surface area contributed by atoms with Crippen molar-refractivity contribution < 1.29 is 19.7 Å². The lowest BCUT2D eigenvalue weighted by molar-refractivity contribution is -0.299. The van der Waals surface area contributed by atoms with Crippen LogP contribution < -0.4 is 0 Å². The van der Waals surface area contributed by atoms with Crippen molar-refractivity contribution >= 4 is 0 Å². The van der Waals surface area contributed by atoms with Crippen molar-refractivity contribution in [1.29, 1.82) is 0 Å². The van der Waals surface area contributed by atoms with Gasteiger partial charge >= 0.3 is 0 Å². The third kappa shape index (κ3) is 2.64. The predicted octanol–water partition coefficient (Wildman–Crippen LogP) is 0.517. The van der Waals surface area contributed by atoms with Crippen LogP contribution in [-0.4, -0.2) is 42.4 Å². The molecule has 2 atom stereocenters. The first kappa shape index (κ1) is 12.8. The second-order valence-corrected chi connectivity index (χ2v) is 3.11. The molecule has 4 heteroatoms. The van der Waals surface area contributed by atoms with Crippen LogP contribution in [0.25, 0.3) is 0 Å². The van der Waals surface area contributed by atoms with Crippen LogP contribution in [0.3, 0.4) is 0 Å². The summed E-state index contributed by atoms with van der Waals surface area (Å²) in [6.45, 7) is 3.48. The molecule has 0 saturated carbocycles. The monoisotopic (exact) mass is 192 g/mol. The molecule has 2 unspecified atom stereocenters. The van der Waals surface area contributed by atoms with Gasteiger partial charge in [-0.2, -0.15) is 0 Å². The molecule has 0 aromatic heterocycles. The molecule has 0 radical (unpaired) electrons. The summed E-state index contributed by atoms with van der Waals surface area (Å²) in [5.41, 5.74) is 0. The van der Waals surface area contributed by atoms with Gasteiger partial charge < -0.3 is 19.7 Å². The Bertz CT molecular complexity index is 132. The second kappa shape index (κ2) is 5.54. The van der Waals surface area contributed by atoms with Crippen molar-refractivity contribution in [1.82, 2.24) is 0 Å². The summed E-state index contributed by atoms with van der Waals surface area (Å²) in [5, 5.41) is 19.2. The van der Waals surface area contributed by atoms with Gasteiger partial charge in [0, 0.05) is 14.2 Å². The molecule has 0 aliphatic heterocycles. The highest BCUT2D eigenvalue weighted by molar-refractivity contribution is 4.83. The molecule has 2 N–H and O–H groups in total. The Morgan fingerprint density at radius 2 is 1.69 bits per heavy atom. The number of hydrogen-bond acceptors (Lipinski definition) is 4. The van der Waals surface area contributed by atoms with Gasteiger partial charge in [-0.25, -0.2) is 0 Å². The maximum atomic E-state index is 9.72. The van der Waals surface area contributed by atoms with Crippen molar-refractivity contribution in [2.24, 2.45) is 0 Å². The molecule has 0 rings (SSSR count). The Morgan fingerprint density at radius 3 is 1.92 bits per heavy atom. The molecule has 0 amide bonds. The first-order valence-electron chi connectivity index (χ1n) is 4.51. The van der Waals surface area contributed by atoms with Gasteiger partial charge in [0.2, 0.25) is 5.79 Å². The van der Waals surface area contributed by atoms with Gasteiger partial charge in [0.15, 0.2) is 0 Å². The quantitative estimate of drug-likeness (QED) is 0.602. The van der Waals surface area contributed by atoms with Crippen LogP contribution in [0.1, 0.15) is 26.7 Å². The van der Waals surface area contributed by atoms with E-state index in [1.807, 2.05) is 6.92 Å². The highest BCUT2D eigenvalue weighted by Gasteiger charge is 2.42. The van der Waals surface area contributed by atoms with E-state index < -0.39 is 18.0 Å². The average molecular weight is 192 g/mol. The maximum Gasteiger partial charge on any atom is 0.220 e. The van der Waals surface area contributed by atoms with Crippen molar-refractivity contribution in [3.63, 3.8) is 0 Å². The van der Waals surface area contributed by atoms with E-state index in [0.29, 0.717) is 6.42 Å². The Morgan fingerprint density at radius 1 is 1.23 bits per heavy atom. The van der Waals surface area contributed by atoms with E-state index in [4.69, 9.17) is 9.47 Å². The standard InChI is InChI=1S/C9H20O4/c1-5-6-8(11)9(12-3,13-4)7(2)10/h7-8,10-11H,5-6H2,1-4H3. The SMILES string of the molecule is CCCC(O)C(OC)(OC)C(C)O. The average Bonchev–Trinajstić information content (AvgIpc) is 2.07. The first-order chi connectivity index (χ1) is 6.05. The molecule has 0 spiro atoms. The van der Waals surface area contributed by atoms with Crippen LogP contribution in [0.4, 0.5) is 0 Å². The second-order valence-electron chi connectivity index (χ2n) is 3.11. The van der Waals surface area contributed by atoms with Gasteiger partial charge in [-0.15, -0.1) is 0 Å². The largest absolute Gasteiger partial charge is 0.388 e. The van der Waals surface area contributed by atoms with Gasteiger partial charge in [-0.1, -0.05) is 13.3 Å².